The fourth-order valence-corrected chi connectivity index (χ4v) is 3.59. The summed E-state index contributed by atoms with van der Waals surface area (Å²) in [6, 6.07) is 5.42. The maximum atomic E-state index is 11.6. The van der Waals surface area contributed by atoms with Crippen molar-refractivity contribution in [3.05, 3.63) is 39.3 Å². The number of amides is 1. The van der Waals surface area contributed by atoms with Crippen molar-refractivity contribution in [2.24, 2.45) is 0 Å². The highest BCUT2D eigenvalue weighted by molar-refractivity contribution is 7.98. The van der Waals surface area contributed by atoms with Crippen LogP contribution in [0.2, 0.25) is 5.02 Å². The van der Waals surface area contributed by atoms with Gasteiger partial charge in [-0.05, 0) is 18.2 Å². The van der Waals surface area contributed by atoms with Crippen LogP contribution >= 0.6 is 34.7 Å². The van der Waals surface area contributed by atoms with Gasteiger partial charge in [0.05, 0.1) is 12.1 Å². The topological polar surface area (TPSA) is 59.2 Å². The van der Waals surface area contributed by atoms with Crippen LogP contribution in [-0.4, -0.2) is 29.9 Å². The number of halogens is 1. The second-order valence-corrected chi connectivity index (χ2v) is 7.06. The molecule has 2 N–H and O–H groups in total. The Bertz CT molecular complexity index is 643. The van der Waals surface area contributed by atoms with Crippen LogP contribution in [-0.2, 0) is 17.0 Å². The molecule has 21 heavy (non-hydrogen) atoms. The molecule has 0 radical (unpaired) electrons. The van der Waals surface area contributed by atoms with E-state index in [1.807, 2.05) is 11.4 Å². The monoisotopic (exact) mass is 341 g/mol. The zero-order valence-corrected chi connectivity index (χ0v) is 14.2. The third-order valence-corrected chi connectivity index (χ3v) is 4.99. The largest absolute Gasteiger partial charge is 0.398 e. The minimum Gasteiger partial charge on any atom is -0.398 e. The number of nitrogens with zero attached hydrogens (tertiary/aromatic N) is 2. The molecule has 0 atom stereocenters. The first-order valence-corrected chi connectivity index (χ1v) is 8.51. The molecule has 2 rings (SSSR count). The van der Waals surface area contributed by atoms with Crippen LogP contribution < -0.4 is 5.73 Å². The van der Waals surface area contributed by atoms with Gasteiger partial charge >= 0.3 is 0 Å². The van der Waals surface area contributed by atoms with Crippen molar-refractivity contribution in [1.82, 2.24) is 9.88 Å². The molecule has 1 amide bonds. The molecule has 7 heteroatoms. The number of carbonyl (C=O) groups excluding carboxylic acids is 1. The van der Waals surface area contributed by atoms with E-state index in [4.69, 9.17) is 17.3 Å². The molecule has 0 aliphatic heterocycles. The molecule has 0 saturated heterocycles. The lowest BCUT2D eigenvalue weighted by atomic mass is 10.3. The number of aromatic nitrogens is 1. The molecule has 0 spiro atoms. The van der Waals surface area contributed by atoms with Gasteiger partial charge in [0, 0.05) is 40.8 Å². The van der Waals surface area contributed by atoms with Crippen LogP contribution in [0.1, 0.15) is 10.7 Å². The van der Waals surface area contributed by atoms with Gasteiger partial charge in [-0.25, -0.2) is 4.98 Å². The number of carbonyl (C=O) groups is 1. The molecule has 0 unspecified atom stereocenters. The number of rotatable bonds is 5. The molecular formula is C14H16ClN3OS2. The lowest BCUT2D eigenvalue weighted by Crippen LogP contribution is -2.23. The first-order chi connectivity index (χ1) is 9.95. The Kier molecular flexibility index (Phi) is 5.50. The van der Waals surface area contributed by atoms with Crippen molar-refractivity contribution in [3.63, 3.8) is 0 Å². The van der Waals surface area contributed by atoms with Crippen LogP contribution in [0.3, 0.4) is 0 Å². The minimum absolute atomic E-state index is 0.0580. The molecule has 0 fully saturated rings. The van der Waals surface area contributed by atoms with E-state index in [9.17, 15) is 4.79 Å². The van der Waals surface area contributed by atoms with Crippen molar-refractivity contribution in [2.75, 3.05) is 19.8 Å². The highest BCUT2D eigenvalue weighted by atomic mass is 35.5. The first-order valence-electron chi connectivity index (χ1n) is 6.27. The molecule has 0 aliphatic carbocycles. The van der Waals surface area contributed by atoms with Crippen molar-refractivity contribution in [3.8, 4) is 0 Å². The second-order valence-electron chi connectivity index (χ2n) is 4.67. The molecule has 4 nitrogen and oxygen atoms in total. The number of thioether (sulfide) groups is 1. The van der Waals surface area contributed by atoms with E-state index in [2.05, 4.69) is 4.98 Å². The number of nitrogen functional groups attached to an aromatic ring is 1. The van der Waals surface area contributed by atoms with Crippen LogP contribution in [0.4, 0.5) is 5.69 Å². The number of thiazole rings is 1. The highest BCUT2D eigenvalue weighted by Crippen LogP contribution is 2.30. The fourth-order valence-electron chi connectivity index (χ4n) is 1.57. The van der Waals surface area contributed by atoms with E-state index >= 15 is 0 Å². The summed E-state index contributed by atoms with van der Waals surface area (Å²) in [7, 11) is 3.49. The Labute approximate surface area is 137 Å². The van der Waals surface area contributed by atoms with E-state index in [-0.39, 0.29) is 5.91 Å². The van der Waals surface area contributed by atoms with Gasteiger partial charge in [0.1, 0.15) is 5.01 Å². The number of hydrogen-bond acceptors (Lipinski definition) is 5. The summed E-state index contributed by atoms with van der Waals surface area (Å²) in [4.78, 5) is 18.6. The Morgan fingerprint density at radius 2 is 2.24 bits per heavy atom. The summed E-state index contributed by atoms with van der Waals surface area (Å²) >= 11 is 9.07. The van der Waals surface area contributed by atoms with Crippen LogP contribution in [0.25, 0.3) is 0 Å². The van der Waals surface area contributed by atoms with Crippen molar-refractivity contribution < 1.29 is 4.79 Å². The Morgan fingerprint density at radius 1 is 1.48 bits per heavy atom. The summed E-state index contributed by atoms with van der Waals surface area (Å²) in [6.45, 7) is 0. The summed E-state index contributed by atoms with van der Waals surface area (Å²) < 4.78 is 0. The Balaban J connectivity index is 1.97. The molecule has 1 aromatic heterocycles. The third kappa shape index (κ3) is 4.62. The average Bonchev–Trinajstić information content (AvgIpc) is 2.87. The Morgan fingerprint density at radius 3 is 2.95 bits per heavy atom. The van der Waals surface area contributed by atoms with E-state index in [1.165, 1.54) is 11.3 Å². The maximum Gasteiger partial charge on any atom is 0.228 e. The van der Waals surface area contributed by atoms with Gasteiger partial charge in [0.15, 0.2) is 0 Å². The summed E-state index contributed by atoms with van der Waals surface area (Å²) in [5, 5.41) is 3.48. The van der Waals surface area contributed by atoms with Gasteiger partial charge < -0.3 is 10.6 Å². The van der Waals surface area contributed by atoms with Gasteiger partial charge in [-0.2, -0.15) is 0 Å². The summed E-state index contributed by atoms with van der Waals surface area (Å²) in [6.07, 6.45) is 0.349. The molecular weight excluding hydrogens is 326 g/mol. The van der Waals surface area contributed by atoms with Crippen LogP contribution in [0.15, 0.2) is 28.5 Å². The van der Waals surface area contributed by atoms with Crippen LogP contribution in [0.5, 0.6) is 0 Å². The quantitative estimate of drug-likeness (QED) is 0.669. The summed E-state index contributed by atoms with van der Waals surface area (Å²) in [5.41, 5.74) is 7.57. The minimum atomic E-state index is 0.0580. The molecule has 112 valence electrons. The molecule has 2 aromatic rings. The van der Waals surface area contributed by atoms with Gasteiger partial charge in [-0.15, -0.1) is 23.1 Å². The van der Waals surface area contributed by atoms with Crippen molar-refractivity contribution in [2.45, 2.75) is 17.1 Å². The van der Waals surface area contributed by atoms with E-state index < -0.39 is 0 Å². The number of anilines is 1. The second kappa shape index (κ2) is 7.15. The van der Waals surface area contributed by atoms with Gasteiger partial charge in [-0.3, -0.25) is 4.79 Å². The highest BCUT2D eigenvalue weighted by Gasteiger charge is 2.10. The number of likely N-dealkylation sites (N-methyl/N-ethyl adjacent to an activating group) is 1. The standard InChI is InChI=1S/C14H16ClN3OS2/c1-18(2)14(19)6-13-17-10(8-21-13)7-20-12-5-9(15)3-4-11(12)16/h3-5,8H,6-7,16H2,1-2H3. The van der Waals surface area contributed by atoms with E-state index in [1.54, 1.807) is 42.9 Å². The number of nitrogens with two attached hydrogens (primary N) is 1. The molecule has 0 bridgehead atoms. The smallest absolute Gasteiger partial charge is 0.228 e. The average molecular weight is 342 g/mol. The van der Waals surface area contributed by atoms with Crippen LogP contribution in [0, 0.1) is 0 Å². The lowest BCUT2D eigenvalue weighted by molar-refractivity contribution is -0.127. The van der Waals surface area contributed by atoms with Gasteiger partial charge in [0.25, 0.3) is 0 Å². The van der Waals surface area contributed by atoms with Crippen molar-refractivity contribution in [1.29, 1.82) is 0 Å². The number of hydrogen-bond donors (Lipinski definition) is 1. The van der Waals surface area contributed by atoms with Gasteiger partial charge in [-0.1, -0.05) is 11.6 Å². The SMILES string of the molecule is CN(C)C(=O)Cc1nc(CSc2cc(Cl)ccc2N)cs1. The van der Waals surface area contributed by atoms with E-state index in [0.29, 0.717) is 22.9 Å². The Hall–Kier alpha value is -1.24. The summed E-state index contributed by atoms with van der Waals surface area (Å²) in [5.74, 6) is 0.764. The molecule has 0 aliphatic rings. The molecule has 1 heterocycles. The van der Waals surface area contributed by atoms with Crippen molar-refractivity contribution >= 4 is 46.3 Å². The molecule has 0 saturated carbocycles. The number of benzene rings is 1. The predicted octanol–water partition coefficient (Wildman–Crippen LogP) is 3.30. The fraction of sp³-hybridized carbons (Fsp3) is 0.286. The lowest BCUT2D eigenvalue weighted by Gasteiger charge is -2.07. The zero-order valence-electron chi connectivity index (χ0n) is 11.8. The first kappa shape index (κ1) is 16.1. The zero-order chi connectivity index (χ0) is 15.4. The normalized spacial score (nSPS) is 10.6. The van der Waals surface area contributed by atoms with E-state index in [0.717, 1.165) is 15.6 Å². The molecule has 1 aromatic carbocycles. The predicted molar refractivity (Wildman–Crippen MR) is 89.9 cm³/mol. The maximum absolute atomic E-state index is 11.6. The van der Waals surface area contributed by atoms with Gasteiger partial charge in [0.2, 0.25) is 5.91 Å². The third-order valence-electron chi connectivity index (χ3n) is 2.75.